The van der Waals surface area contributed by atoms with E-state index in [2.05, 4.69) is 15.3 Å². The first-order valence-corrected chi connectivity index (χ1v) is 9.07. The van der Waals surface area contributed by atoms with Gasteiger partial charge in [0.1, 0.15) is 11.6 Å². The molecule has 0 aliphatic carbocycles. The maximum absolute atomic E-state index is 13.8. The van der Waals surface area contributed by atoms with E-state index >= 15 is 0 Å². The highest BCUT2D eigenvalue weighted by Crippen LogP contribution is 2.38. The van der Waals surface area contributed by atoms with E-state index in [-0.39, 0.29) is 34.3 Å². The molecule has 3 aromatic rings. The summed E-state index contributed by atoms with van der Waals surface area (Å²) in [6.07, 6.45) is -3.28. The summed E-state index contributed by atoms with van der Waals surface area (Å²) in [5.41, 5.74) is -1.50. The molecule has 7 nitrogen and oxygen atoms in total. The lowest BCUT2D eigenvalue weighted by molar-refractivity contribution is -0.138. The van der Waals surface area contributed by atoms with Gasteiger partial charge >= 0.3 is 12.1 Å². The lowest BCUT2D eigenvalue weighted by Gasteiger charge is -2.23. The Hall–Kier alpha value is -3.43. The summed E-state index contributed by atoms with van der Waals surface area (Å²) < 4.78 is 42.7. The molecule has 2 N–H and O–H groups in total. The van der Waals surface area contributed by atoms with E-state index in [4.69, 9.17) is 5.11 Å². The molecule has 3 rings (SSSR count). The summed E-state index contributed by atoms with van der Waals surface area (Å²) >= 11 is 0. The van der Waals surface area contributed by atoms with Crippen LogP contribution in [0.25, 0.3) is 10.9 Å². The lowest BCUT2D eigenvalue weighted by Crippen LogP contribution is -2.23. The molecule has 2 heterocycles. The normalized spacial score (nSPS) is 12.7. The van der Waals surface area contributed by atoms with Crippen LogP contribution in [0.15, 0.2) is 35.3 Å². The van der Waals surface area contributed by atoms with Gasteiger partial charge in [-0.25, -0.2) is 14.8 Å². The number of nitrogens with zero attached hydrogens (tertiary/aromatic N) is 3. The first kappa shape index (κ1) is 21.3. The molecule has 0 unspecified atom stereocenters. The average molecular weight is 420 g/mol. The molecule has 0 aliphatic rings. The number of carboxylic acid groups (broad SMARTS) is 1. The number of fused-ring (bicyclic) bond motifs is 1. The molecule has 0 amide bonds. The Balaban J connectivity index is 2.15. The van der Waals surface area contributed by atoms with Gasteiger partial charge in [-0.2, -0.15) is 13.2 Å². The molecule has 0 fully saturated rings. The highest BCUT2D eigenvalue weighted by Gasteiger charge is 2.36. The van der Waals surface area contributed by atoms with Crippen molar-refractivity contribution in [2.24, 2.45) is 7.05 Å². The minimum Gasteiger partial charge on any atom is -0.478 e. The maximum Gasteiger partial charge on any atom is 0.416 e. The number of hydrogen-bond donors (Lipinski definition) is 2. The van der Waals surface area contributed by atoms with Gasteiger partial charge < -0.3 is 10.4 Å². The number of carbonyl (C=O) groups is 1. The molecule has 0 bridgehead atoms. The van der Waals surface area contributed by atoms with Crippen LogP contribution in [0.1, 0.15) is 46.7 Å². The van der Waals surface area contributed by atoms with Gasteiger partial charge in [0.15, 0.2) is 0 Å². The number of hydrogen-bond acceptors (Lipinski definition) is 5. The zero-order valence-electron chi connectivity index (χ0n) is 16.4. The summed E-state index contributed by atoms with van der Waals surface area (Å²) in [4.78, 5) is 31.6. The van der Waals surface area contributed by atoms with Crippen molar-refractivity contribution >= 4 is 22.7 Å². The van der Waals surface area contributed by atoms with Crippen LogP contribution in [0.5, 0.6) is 0 Å². The fourth-order valence-electron chi connectivity index (χ4n) is 3.16. The van der Waals surface area contributed by atoms with Crippen LogP contribution in [-0.2, 0) is 13.2 Å². The minimum atomic E-state index is -4.66. The van der Waals surface area contributed by atoms with Gasteiger partial charge in [-0.05, 0) is 43.2 Å². The van der Waals surface area contributed by atoms with Crippen LogP contribution < -0.4 is 10.9 Å². The van der Waals surface area contributed by atoms with Gasteiger partial charge in [-0.1, -0.05) is 6.92 Å². The summed E-state index contributed by atoms with van der Waals surface area (Å²) in [6.45, 7) is 3.24. The van der Waals surface area contributed by atoms with E-state index in [1.807, 2.05) is 0 Å². The van der Waals surface area contributed by atoms with Gasteiger partial charge in [0.2, 0.25) is 0 Å². The van der Waals surface area contributed by atoms with Gasteiger partial charge in [0.05, 0.1) is 28.1 Å². The molecule has 0 saturated heterocycles. The summed E-state index contributed by atoms with van der Waals surface area (Å²) in [6, 6.07) is 3.98. The molecule has 0 spiro atoms. The summed E-state index contributed by atoms with van der Waals surface area (Å²) in [5, 5.41) is 11.9. The Morgan fingerprint density at radius 2 is 2.00 bits per heavy atom. The van der Waals surface area contributed by atoms with Crippen molar-refractivity contribution in [1.82, 2.24) is 14.5 Å². The Morgan fingerprint density at radius 1 is 1.30 bits per heavy atom. The van der Waals surface area contributed by atoms with E-state index in [0.717, 1.165) is 12.3 Å². The molecule has 158 valence electrons. The largest absolute Gasteiger partial charge is 0.478 e. The monoisotopic (exact) mass is 420 g/mol. The van der Waals surface area contributed by atoms with Crippen LogP contribution in [0, 0.1) is 6.92 Å². The van der Waals surface area contributed by atoms with Crippen molar-refractivity contribution in [3.63, 3.8) is 0 Å². The average Bonchev–Trinajstić information content (AvgIpc) is 2.69. The molecule has 1 aromatic carbocycles. The van der Waals surface area contributed by atoms with Crippen molar-refractivity contribution in [2.75, 3.05) is 5.32 Å². The van der Waals surface area contributed by atoms with Gasteiger partial charge in [-0.15, -0.1) is 0 Å². The van der Waals surface area contributed by atoms with E-state index in [9.17, 15) is 22.8 Å². The maximum atomic E-state index is 13.8. The molecule has 0 saturated carbocycles. The van der Waals surface area contributed by atoms with E-state index in [1.165, 1.54) is 29.8 Å². The Morgan fingerprint density at radius 3 is 2.53 bits per heavy atom. The number of rotatable bonds is 5. The second kappa shape index (κ2) is 7.77. The molecule has 10 heteroatoms. The number of aryl methyl sites for hydroxylation is 1. The number of pyridine rings is 1. The molecule has 0 radical (unpaired) electrons. The third-order valence-electron chi connectivity index (χ3n) is 4.89. The third-order valence-corrected chi connectivity index (χ3v) is 4.89. The van der Waals surface area contributed by atoms with Crippen molar-refractivity contribution in [3.8, 4) is 0 Å². The summed E-state index contributed by atoms with van der Waals surface area (Å²) in [7, 11) is 1.50. The van der Waals surface area contributed by atoms with Crippen molar-refractivity contribution in [2.45, 2.75) is 32.5 Å². The minimum absolute atomic E-state index is 0.0227. The first-order valence-electron chi connectivity index (χ1n) is 9.07. The second-order valence-corrected chi connectivity index (χ2v) is 6.82. The van der Waals surface area contributed by atoms with Gasteiger partial charge in [0.25, 0.3) is 5.56 Å². The van der Waals surface area contributed by atoms with Gasteiger partial charge in [0, 0.05) is 13.2 Å². The van der Waals surface area contributed by atoms with Crippen molar-refractivity contribution < 1.29 is 23.1 Å². The standard InChI is InChI=1S/C20H19F3N4O3/c1-4-15(26-17-6-5-11(9-24-17)19(29)30)12-7-13-16(8-14(12)20(21,22)23)25-10(2)27(3)18(13)28/h5-9,15H,4H2,1-3H3,(H,24,26)(H,29,30)/t15-/m0/s1. The van der Waals surface area contributed by atoms with Crippen molar-refractivity contribution in [3.05, 3.63) is 63.3 Å². The fourth-order valence-corrected chi connectivity index (χ4v) is 3.16. The number of aromatic carboxylic acids is 1. The van der Waals surface area contributed by atoms with Crippen LogP contribution in [0.2, 0.25) is 0 Å². The molecular weight excluding hydrogens is 401 g/mol. The number of alkyl halides is 3. The van der Waals surface area contributed by atoms with Gasteiger partial charge in [-0.3, -0.25) is 9.36 Å². The van der Waals surface area contributed by atoms with Crippen molar-refractivity contribution in [1.29, 1.82) is 0 Å². The Labute approximate surface area is 169 Å². The molecule has 2 aromatic heterocycles. The lowest BCUT2D eigenvalue weighted by atomic mass is 9.95. The van der Waals surface area contributed by atoms with E-state index in [0.29, 0.717) is 5.82 Å². The van der Waals surface area contributed by atoms with E-state index < -0.39 is 29.3 Å². The molecule has 1 atom stereocenters. The van der Waals surface area contributed by atoms with Crippen LogP contribution >= 0.6 is 0 Å². The molecular formula is C20H19F3N4O3. The molecule has 0 aliphatic heterocycles. The fraction of sp³-hybridized carbons (Fsp3) is 0.300. The third kappa shape index (κ3) is 3.98. The number of carboxylic acids is 1. The zero-order chi connectivity index (χ0) is 22.2. The Bertz CT molecular complexity index is 1170. The molecule has 30 heavy (non-hydrogen) atoms. The second-order valence-electron chi connectivity index (χ2n) is 6.82. The Kier molecular flexibility index (Phi) is 5.51. The predicted octanol–water partition coefficient (Wildman–Crippen LogP) is 3.92. The predicted molar refractivity (Wildman–Crippen MR) is 105 cm³/mol. The first-order chi connectivity index (χ1) is 14.0. The SMILES string of the molecule is CC[C@H](Nc1ccc(C(=O)O)cn1)c1cc2c(=O)n(C)c(C)nc2cc1C(F)(F)F. The van der Waals surface area contributed by atoms with Crippen LogP contribution in [0.3, 0.4) is 0 Å². The number of aromatic nitrogens is 3. The number of nitrogens with one attached hydrogen (secondary N) is 1. The number of anilines is 1. The number of halogens is 3. The summed E-state index contributed by atoms with van der Waals surface area (Å²) in [5.74, 6) is -0.634. The highest BCUT2D eigenvalue weighted by molar-refractivity contribution is 5.87. The zero-order valence-corrected chi connectivity index (χ0v) is 16.4. The van der Waals surface area contributed by atoms with Crippen LogP contribution in [-0.4, -0.2) is 25.6 Å². The quantitative estimate of drug-likeness (QED) is 0.650. The van der Waals surface area contributed by atoms with Crippen LogP contribution in [0.4, 0.5) is 19.0 Å². The number of benzene rings is 1. The topological polar surface area (TPSA) is 97.1 Å². The highest BCUT2D eigenvalue weighted by atomic mass is 19.4. The smallest absolute Gasteiger partial charge is 0.416 e. The van der Waals surface area contributed by atoms with E-state index in [1.54, 1.807) is 13.8 Å².